The number of hydrogen-bond acceptors (Lipinski definition) is 7. The van der Waals surface area contributed by atoms with Crippen LogP contribution in [0.25, 0.3) is 6.08 Å². The number of esters is 1. The third kappa shape index (κ3) is 4.60. The Hall–Kier alpha value is -2.91. The number of rotatable bonds is 6. The van der Waals surface area contributed by atoms with Crippen LogP contribution in [0.5, 0.6) is 5.75 Å². The first-order valence-corrected chi connectivity index (χ1v) is 12.1. The molecule has 0 N–H and O–H groups in total. The third-order valence-corrected chi connectivity index (χ3v) is 6.37. The molecule has 1 aliphatic heterocycles. The van der Waals surface area contributed by atoms with E-state index in [9.17, 15) is 9.59 Å². The molecule has 1 aromatic carbocycles. The van der Waals surface area contributed by atoms with E-state index in [0.717, 1.165) is 0 Å². The molecule has 0 radical (unpaired) electrons. The molecule has 0 fully saturated rings. The van der Waals surface area contributed by atoms with Crippen molar-refractivity contribution < 1.29 is 18.7 Å². The highest BCUT2D eigenvalue weighted by Crippen LogP contribution is 2.36. The van der Waals surface area contributed by atoms with Crippen LogP contribution in [0.15, 0.2) is 66.5 Å². The van der Waals surface area contributed by atoms with Crippen LogP contribution >= 0.6 is 27.3 Å². The van der Waals surface area contributed by atoms with Crippen molar-refractivity contribution in [3.05, 3.63) is 83.3 Å². The lowest BCUT2D eigenvalue weighted by atomic mass is 9.95. The average molecular weight is 531 g/mol. The lowest BCUT2D eigenvalue weighted by molar-refractivity contribution is -0.139. The maximum Gasteiger partial charge on any atom is 0.338 e. The maximum absolute atomic E-state index is 13.6. The zero-order valence-corrected chi connectivity index (χ0v) is 21.0. The number of fused-ring (bicyclic) bond motifs is 1. The number of furan rings is 1. The van der Waals surface area contributed by atoms with Crippen molar-refractivity contribution in [2.45, 2.75) is 39.8 Å². The maximum atomic E-state index is 13.6. The number of thiazole rings is 1. The van der Waals surface area contributed by atoms with Gasteiger partial charge in [0.25, 0.3) is 5.56 Å². The van der Waals surface area contributed by atoms with Gasteiger partial charge in [-0.05, 0) is 61.8 Å². The summed E-state index contributed by atoms with van der Waals surface area (Å²) in [5, 5.41) is 0. The molecule has 0 unspecified atom stereocenters. The van der Waals surface area contributed by atoms with Gasteiger partial charge < -0.3 is 13.9 Å². The summed E-state index contributed by atoms with van der Waals surface area (Å²) in [7, 11) is 0. The Morgan fingerprint density at radius 3 is 2.73 bits per heavy atom. The average Bonchev–Trinajstić information content (AvgIpc) is 3.30. The minimum absolute atomic E-state index is 0.0875. The largest absolute Gasteiger partial charge is 0.491 e. The van der Waals surface area contributed by atoms with Gasteiger partial charge in [-0.1, -0.05) is 29.5 Å². The molecule has 0 amide bonds. The van der Waals surface area contributed by atoms with Crippen molar-refractivity contribution in [1.29, 1.82) is 0 Å². The summed E-state index contributed by atoms with van der Waals surface area (Å²) in [6.45, 7) is 7.57. The molecular weight excluding hydrogens is 508 g/mol. The second-order valence-corrected chi connectivity index (χ2v) is 9.44. The van der Waals surface area contributed by atoms with Gasteiger partial charge >= 0.3 is 5.97 Å². The number of aromatic nitrogens is 1. The predicted octanol–water partition coefficient (Wildman–Crippen LogP) is 3.94. The molecule has 0 saturated heterocycles. The fraction of sp³-hybridized carbons (Fsp3) is 0.292. The van der Waals surface area contributed by atoms with Gasteiger partial charge in [-0.2, -0.15) is 0 Å². The van der Waals surface area contributed by atoms with Crippen LogP contribution in [-0.2, 0) is 9.53 Å². The number of halogens is 1. The van der Waals surface area contributed by atoms with Crippen molar-refractivity contribution in [2.75, 3.05) is 6.61 Å². The van der Waals surface area contributed by atoms with E-state index < -0.39 is 12.0 Å². The summed E-state index contributed by atoms with van der Waals surface area (Å²) in [5.41, 5.74) is 1.24. The molecule has 1 atom stereocenters. The molecule has 9 heteroatoms. The second kappa shape index (κ2) is 9.52. The summed E-state index contributed by atoms with van der Waals surface area (Å²) in [6.07, 6.45) is 1.58. The molecule has 7 nitrogen and oxygen atoms in total. The van der Waals surface area contributed by atoms with E-state index in [1.54, 1.807) is 32.1 Å². The van der Waals surface area contributed by atoms with Gasteiger partial charge in [-0.15, -0.1) is 0 Å². The van der Waals surface area contributed by atoms with E-state index >= 15 is 0 Å². The van der Waals surface area contributed by atoms with Gasteiger partial charge in [-0.3, -0.25) is 9.36 Å². The molecule has 3 heterocycles. The van der Waals surface area contributed by atoms with Crippen molar-refractivity contribution in [3.63, 3.8) is 0 Å². The predicted molar refractivity (Wildman–Crippen MR) is 129 cm³/mol. The fourth-order valence-electron chi connectivity index (χ4n) is 3.69. The van der Waals surface area contributed by atoms with Crippen LogP contribution in [0.3, 0.4) is 0 Å². The Morgan fingerprint density at radius 2 is 2.06 bits per heavy atom. The Balaban J connectivity index is 1.98. The van der Waals surface area contributed by atoms with E-state index in [1.807, 2.05) is 38.1 Å². The van der Waals surface area contributed by atoms with Crippen LogP contribution in [0, 0.1) is 0 Å². The van der Waals surface area contributed by atoms with E-state index in [-0.39, 0.29) is 18.3 Å². The molecule has 3 aromatic rings. The standard InChI is InChI=1S/C24H23BrN2O5S/c1-5-30-23(29)20-14(4)26-24-27(21(20)16-8-6-7-9-17(16)31-13(2)3)22(28)18(33-24)12-15-10-11-19(25)32-15/h6-13,21H,5H2,1-4H3/b18-12+/t21-/m0/s1. The smallest absolute Gasteiger partial charge is 0.338 e. The lowest BCUT2D eigenvalue weighted by Gasteiger charge is -2.26. The molecule has 4 rings (SSSR count). The highest BCUT2D eigenvalue weighted by atomic mass is 79.9. The van der Waals surface area contributed by atoms with E-state index in [2.05, 4.69) is 20.9 Å². The van der Waals surface area contributed by atoms with Crippen LogP contribution in [0.4, 0.5) is 0 Å². The molecule has 0 aliphatic carbocycles. The van der Waals surface area contributed by atoms with Crippen molar-refractivity contribution in [2.24, 2.45) is 4.99 Å². The van der Waals surface area contributed by atoms with Crippen molar-refractivity contribution in [1.82, 2.24) is 4.57 Å². The molecule has 0 spiro atoms. The van der Waals surface area contributed by atoms with E-state index in [4.69, 9.17) is 13.9 Å². The normalized spacial score (nSPS) is 16.1. The minimum atomic E-state index is -0.735. The quantitative estimate of drug-likeness (QED) is 0.450. The molecular formula is C24H23BrN2O5S. The first-order chi connectivity index (χ1) is 15.8. The molecule has 33 heavy (non-hydrogen) atoms. The first-order valence-electron chi connectivity index (χ1n) is 10.5. The molecule has 0 bridgehead atoms. The van der Waals surface area contributed by atoms with Crippen LogP contribution < -0.4 is 19.6 Å². The molecule has 1 aliphatic rings. The molecule has 172 valence electrons. The van der Waals surface area contributed by atoms with E-state index in [0.29, 0.717) is 42.3 Å². The van der Waals surface area contributed by atoms with Crippen molar-refractivity contribution in [3.8, 4) is 5.75 Å². The van der Waals surface area contributed by atoms with Gasteiger partial charge in [0.05, 0.1) is 28.5 Å². The zero-order chi connectivity index (χ0) is 23.7. The summed E-state index contributed by atoms with van der Waals surface area (Å²) in [5.74, 6) is 0.624. The Kier molecular flexibility index (Phi) is 6.71. The summed E-state index contributed by atoms with van der Waals surface area (Å²) >= 11 is 4.52. The number of ether oxygens (including phenoxy) is 2. The number of carbonyl (C=O) groups excluding carboxylic acids is 1. The van der Waals surface area contributed by atoms with E-state index in [1.165, 1.54) is 15.9 Å². The van der Waals surface area contributed by atoms with Crippen LogP contribution in [-0.4, -0.2) is 23.2 Å². The minimum Gasteiger partial charge on any atom is -0.491 e. The second-order valence-electron chi connectivity index (χ2n) is 7.65. The number of hydrogen-bond donors (Lipinski definition) is 0. The van der Waals surface area contributed by atoms with Crippen LogP contribution in [0.1, 0.15) is 45.1 Å². The van der Waals surface area contributed by atoms with Gasteiger partial charge in [0.2, 0.25) is 0 Å². The first kappa shape index (κ1) is 23.3. The summed E-state index contributed by atoms with van der Waals surface area (Å²) in [6, 6.07) is 10.2. The molecule has 2 aromatic heterocycles. The number of allylic oxidation sites excluding steroid dienone is 1. The number of para-hydroxylation sites is 1. The van der Waals surface area contributed by atoms with Gasteiger partial charge in [0.1, 0.15) is 17.6 Å². The van der Waals surface area contributed by atoms with Crippen molar-refractivity contribution >= 4 is 39.3 Å². The lowest BCUT2D eigenvalue weighted by Crippen LogP contribution is -2.40. The zero-order valence-electron chi connectivity index (χ0n) is 18.6. The Bertz CT molecular complexity index is 1410. The SMILES string of the molecule is CCOC(=O)C1=C(C)N=c2s/c(=C/c3ccc(Br)o3)c(=O)n2[C@H]1c1ccccc1OC(C)C. The highest BCUT2D eigenvalue weighted by molar-refractivity contribution is 9.10. The number of benzene rings is 1. The Morgan fingerprint density at radius 1 is 1.30 bits per heavy atom. The molecule has 0 saturated carbocycles. The monoisotopic (exact) mass is 530 g/mol. The summed E-state index contributed by atoms with van der Waals surface area (Å²) in [4.78, 5) is 31.7. The van der Waals surface area contributed by atoms with Gasteiger partial charge in [0.15, 0.2) is 9.47 Å². The Labute approximate surface area is 202 Å². The van der Waals surface area contributed by atoms with Gasteiger partial charge in [-0.25, -0.2) is 9.79 Å². The topological polar surface area (TPSA) is 83.0 Å². The number of carbonyl (C=O) groups is 1. The number of nitrogens with zero attached hydrogens (tertiary/aromatic N) is 2. The fourth-order valence-corrected chi connectivity index (χ4v) is 5.03. The highest BCUT2D eigenvalue weighted by Gasteiger charge is 2.35. The van der Waals surface area contributed by atoms with Crippen LogP contribution in [0.2, 0.25) is 0 Å². The van der Waals surface area contributed by atoms with Gasteiger partial charge in [0, 0.05) is 11.6 Å². The summed E-state index contributed by atoms with van der Waals surface area (Å²) < 4.78 is 19.5. The third-order valence-electron chi connectivity index (χ3n) is 4.96.